The molecule has 0 saturated carbocycles. The number of nitrogens with one attached hydrogen (secondary N) is 1. The van der Waals surface area contributed by atoms with Gasteiger partial charge in [-0.05, 0) is 30.7 Å². The molecule has 0 unspecified atom stereocenters. The van der Waals surface area contributed by atoms with E-state index in [1.807, 2.05) is 0 Å². The zero-order valence-electron chi connectivity index (χ0n) is 14.0. The molecule has 1 saturated heterocycles. The van der Waals surface area contributed by atoms with Crippen molar-refractivity contribution < 1.29 is 17.6 Å². The number of benzene rings is 1. The second-order valence-electron chi connectivity index (χ2n) is 5.84. The molecule has 1 aromatic carbocycles. The van der Waals surface area contributed by atoms with Gasteiger partial charge in [-0.3, -0.25) is 9.69 Å². The lowest BCUT2D eigenvalue weighted by Gasteiger charge is -2.33. The van der Waals surface area contributed by atoms with Crippen LogP contribution in [0.25, 0.3) is 0 Å². The summed E-state index contributed by atoms with van der Waals surface area (Å²) in [6, 6.07) is 4.87. The van der Waals surface area contributed by atoms with Gasteiger partial charge in [-0.2, -0.15) is 4.31 Å². The Labute approximate surface area is 153 Å². The first kappa shape index (κ1) is 20.1. The highest BCUT2D eigenvalue weighted by Gasteiger charge is 2.28. The van der Waals surface area contributed by atoms with Gasteiger partial charge in [0.05, 0.1) is 4.90 Å². The third-order valence-corrected chi connectivity index (χ3v) is 6.25. The zero-order valence-corrected chi connectivity index (χ0v) is 15.5. The van der Waals surface area contributed by atoms with Crippen LogP contribution >= 0.6 is 11.6 Å². The van der Waals surface area contributed by atoms with Crippen LogP contribution in [0.5, 0.6) is 0 Å². The molecular formula is C16H23ClFN3O3S. The highest BCUT2D eigenvalue weighted by atomic mass is 35.5. The zero-order chi connectivity index (χ0) is 18.3. The number of piperazine rings is 1. The Balaban J connectivity index is 1.77. The summed E-state index contributed by atoms with van der Waals surface area (Å²) in [6.07, 6.45) is 1.08. The summed E-state index contributed by atoms with van der Waals surface area (Å²) in [5.74, 6) is -0.00667. The van der Waals surface area contributed by atoms with Gasteiger partial charge < -0.3 is 5.32 Å². The molecule has 2 rings (SSSR count). The van der Waals surface area contributed by atoms with Gasteiger partial charge in [0.25, 0.3) is 0 Å². The number of carbonyl (C=O) groups excluding carboxylic acids is 1. The van der Waals surface area contributed by atoms with Crippen LogP contribution in [0.4, 0.5) is 4.39 Å². The minimum atomic E-state index is -3.59. The van der Waals surface area contributed by atoms with Gasteiger partial charge in [0.1, 0.15) is 5.82 Å². The van der Waals surface area contributed by atoms with Gasteiger partial charge in [-0.25, -0.2) is 12.8 Å². The molecule has 25 heavy (non-hydrogen) atoms. The third-order valence-electron chi connectivity index (χ3n) is 4.07. The Hall–Kier alpha value is -1.22. The van der Waals surface area contributed by atoms with E-state index >= 15 is 0 Å². The Morgan fingerprint density at radius 3 is 2.40 bits per heavy atom. The van der Waals surface area contributed by atoms with Gasteiger partial charge in [0.15, 0.2) is 0 Å². The Morgan fingerprint density at radius 1 is 1.16 bits per heavy atom. The van der Waals surface area contributed by atoms with Crippen molar-refractivity contribution in [1.29, 1.82) is 0 Å². The van der Waals surface area contributed by atoms with E-state index in [9.17, 15) is 17.6 Å². The van der Waals surface area contributed by atoms with Crippen LogP contribution in [0.2, 0.25) is 0 Å². The summed E-state index contributed by atoms with van der Waals surface area (Å²) in [4.78, 5) is 13.7. The Bertz CT molecular complexity index is 662. The van der Waals surface area contributed by atoms with E-state index in [1.165, 1.54) is 16.4 Å². The van der Waals surface area contributed by atoms with Crippen molar-refractivity contribution in [2.75, 3.05) is 45.1 Å². The lowest BCUT2D eigenvalue weighted by Crippen LogP contribution is -2.50. The van der Waals surface area contributed by atoms with E-state index < -0.39 is 15.8 Å². The Morgan fingerprint density at radius 2 is 1.80 bits per heavy atom. The number of hydrogen-bond donors (Lipinski definition) is 1. The maximum atomic E-state index is 13.0. The molecule has 0 aromatic heterocycles. The topological polar surface area (TPSA) is 69.7 Å². The fraction of sp³-hybridized carbons (Fsp3) is 0.562. The minimum absolute atomic E-state index is 0.0156. The van der Waals surface area contributed by atoms with Crippen LogP contribution in [-0.2, 0) is 14.8 Å². The number of hydrogen-bond acceptors (Lipinski definition) is 4. The second-order valence-corrected chi connectivity index (χ2v) is 8.16. The normalized spacial score (nSPS) is 16.7. The van der Waals surface area contributed by atoms with E-state index in [4.69, 9.17) is 11.6 Å². The molecule has 1 amide bonds. The van der Waals surface area contributed by atoms with Gasteiger partial charge in [-0.15, -0.1) is 11.6 Å². The van der Waals surface area contributed by atoms with Crippen LogP contribution in [0, 0.1) is 5.82 Å². The van der Waals surface area contributed by atoms with Crippen molar-refractivity contribution in [1.82, 2.24) is 14.5 Å². The first-order valence-corrected chi connectivity index (χ1v) is 10.2. The van der Waals surface area contributed by atoms with Crippen LogP contribution in [-0.4, -0.2) is 68.7 Å². The molecule has 140 valence electrons. The quantitative estimate of drug-likeness (QED) is 0.677. The lowest BCUT2D eigenvalue weighted by atomic mass is 10.3. The second kappa shape index (κ2) is 9.47. The maximum Gasteiger partial charge on any atom is 0.243 e. The molecule has 0 aliphatic carbocycles. The van der Waals surface area contributed by atoms with E-state index in [2.05, 4.69) is 10.2 Å². The number of carbonyl (C=O) groups is 1. The molecule has 0 atom stereocenters. The molecule has 1 fully saturated rings. The first-order valence-electron chi connectivity index (χ1n) is 8.24. The monoisotopic (exact) mass is 391 g/mol. The number of amides is 1. The molecule has 0 radical (unpaired) electrons. The SMILES string of the molecule is O=C(CCCCl)NCCN1CCN(S(=O)(=O)c2ccc(F)cc2)CC1. The van der Waals surface area contributed by atoms with Crippen molar-refractivity contribution in [2.45, 2.75) is 17.7 Å². The number of rotatable bonds is 8. The van der Waals surface area contributed by atoms with E-state index in [-0.39, 0.29) is 10.8 Å². The molecule has 6 nitrogen and oxygen atoms in total. The summed E-state index contributed by atoms with van der Waals surface area (Å²) < 4.78 is 39.4. The molecular weight excluding hydrogens is 369 g/mol. The average Bonchev–Trinajstić information content (AvgIpc) is 2.61. The van der Waals surface area contributed by atoms with E-state index in [0.29, 0.717) is 58.0 Å². The third kappa shape index (κ3) is 5.91. The molecule has 0 bridgehead atoms. The van der Waals surface area contributed by atoms with Crippen molar-refractivity contribution in [2.24, 2.45) is 0 Å². The van der Waals surface area contributed by atoms with Crippen LogP contribution in [0.1, 0.15) is 12.8 Å². The number of alkyl halides is 1. The van der Waals surface area contributed by atoms with Crippen molar-refractivity contribution >= 4 is 27.5 Å². The predicted octanol–water partition coefficient (Wildman–Crippen LogP) is 1.27. The molecule has 1 aliphatic rings. The lowest BCUT2D eigenvalue weighted by molar-refractivity contribution is -0.121. The molecule has 0 spiro atoms. The molecule has 1 aliphatic heterocycles. The van der Waals surface area contributed by atoms with Gasteiger partial charge in [0.2, 0.25) is 15.9 Å². The summed E-state index contributed by atoms with van der Waals surface area (Å²) in [5, 5.41) is 2.83. The number of nitrogens with zero attached hydrogens (tertiary/aromatic N) is 2. The predicted molar refractivity (Wildman–Crippen MR) is 94.6 cm³/mol. The van der Waals surface area contributed by atoms with Crippen LogP contribution < -0.4 is 5.32 Å². The summed E-state index contributed by atoms with van der Waals surface area (Å²) in [5.41, 5.74) is 0. The fourth-order valence-electron chi connectivity index (χ4n) is 2.62. The number of sulfonamides is 1. The molecule has 9 heteroatoms. The maximum absolute atomic E-state index is 13.0. The standard InChI is InChI=1S/C16H23ClFN3O3S/c17-7-1-2-16(22)19-8-9-20-10-12-21(13-11-20)25(23,24)15-5-3-14(18)4-6-15/h3-6H,1-2,7-13H2,(H,19,22). The largest absolute Gasteiger partial charge is 0.355 e. The van der Waals surface area contributed by atoms with Gasteiger partial charge >= 0.3 is 0 Å². The van der Waals surface area contributed by atoms with Gasteiger partial charge in [0, 0.05) is 51.6 Å². The Kier molecular flexibility index (Phi) is 7.61. The molecule has 1 N–H and O–H groups in total. The molecule has 1 heterocycles. The van der Waals surface area contributed by atoms with Gasteiger partial charge in [-0.1, -0.05) is 0 Å². The fourth-order valence-corrected chi connectivity index (χ4v) is 4.17. The summed E-state index contributed by atoms with van der Waals surface area (Å²) in [7, 11) is -3.59. The van der Waals surface area contributed by atoms with Crippen molar-refractivity contribution in [3.05, 3.63) is 30.1 Å². The number of halogens is 2. The summed E-state index contributed by atoms with van der Waals surface area (Å²) in [6.45, 7) is 3.15. The highest BCUT2D eigenvalue weighted by Crippen LogP contribution is 2.17. The van der Waals surface area contributed by atoms with Crippen molar-refractivity contribution in [3.8, 4) is 0 Å². The average molecular weight is 392 g/mol. The smallest absolute Gasteiger partial charge is 0.243 e. The highest BCUT2D eigenvalue weighted by molar-refractivity contribution is 7.89. The summed E-state index contributed by atoms with van der Waals surface area (Å²) >= 11 is 5.54. The van der Waals surface area contributed by atoms with Crippen LogP contribution in [0.15, 0.2) is 29.2 Å². The van der Waals surface area contributed by atoms with E-state index in [0.717, 1.165) is 12.1 Å². The molecule has 1 aromatic rings. The van der Waals surface area contributed by atoms with E-state index in [1.54, 1.807) is 0 Å². The van der Waals surface area contributed by atoms with Crippen molar-refractivity contribution in [3.63, 3.8) is 0 Å². The minimum Gasteiger partial charge on any atom is -0.355 e. The van der Waals surface area contributed by atoms with Crippen LogP contribution in [0.3, 0.4) is 0 Å². The first-order chi connectivity index (χ1) is 11.9.